The number of amides is 1. The fourth-order valence-electron chi connectivity index (χ4n) is 1.66. The lowest BCUT2D eigenvalue weighted by atomic mass is 10.2. The minimum atomic E-state index is -3.76. The Labute approximate surface area is 123 Å². The molecule has 1 unspecified atom stereocenters. The van der Waals surface area contributed by atoms with Gasteiger partial charge in [-0.25, -0.2) is 12.7 Å². The van der Waals surface area contributed by atoms with E-state index < -0.39 is 21.9 Å². The van der Waals surface area contributed by atoms with Gasteiger partial charge in [-0.15, -0.1) is 0 Å². The van der Waals surface area contributed by atoms with Crippen LogP contribution in [0.4, 0.5) is 5.69 Å². The lowest BCUT2D eigenvalue weighted by molar-refractivity contribution is -0.141. The van der Waals surface area contributed by atoms with Gasteiger partial charge in [-0.3, -0.25) is 9.59 Å². The van der Waals surface area contributed by atoms with Crippen LogP contribution in [0, 0.1) is 5.92 Å². The van der Waals surface area contributed by atoms with Gasteiger partial charge >= 0.3 is 5.97 Å². The summed E-state index contributed by atoms with van der Waals surface area (Å²) in [7, 11) is -2.43. The number of hydrogen-bond acceptors (Lipinski definition) is 4. The molecule has 0 aliphatic heterocycles. The molecule has 1 amide bonds. The lowest BCUT2D eigenvalue weighted by Gasteiger charge is -2.19. The molecule has 1 aromatic carbocycles. The van der Waals surface area contributed by atoms with Crippen molar-refractivity contribution < 1.29 is 23.1 Å². The lowest BCUT2D eigenvalue weighted by Crippen LogP contribution is -2.33. The number of rotatable bonds is 6. The summed E-state index contributed by atoms with van der Waals surface area (Å²) in [6.45, 7) is 2.67. The number of carbonyl (C=O) groups excluding carboxylic acids is 1. The van der Waals surface area contributed by atoms with Gasteiger partial charge in [0.2, 0.25) is 15.9 Å². The predicted octanol–water partition coefficient (Wildman–Crippen LogP) is 0.986. The summed E-state index contributed by atoms with van der Waals surface area (Å²) in [6.07, 6.45) is 0. The van der Waals surface area contributed by atoms with Crippen LogP contribution in [0.3, 0.4) is 0 Å². The maximum Gasteiger partial charge on any atom is 0.307 e. The van der Waals surface area contributed by atoms with Gasteiger partial charge in [0.25, 0.3) is 0 Å². The van der Waals surface area contributed by atoms with E-state index in [0.29, 0.717) is 5.69 Å². The average Bonchev–Trinajstić information content (AvgIpc) is 2.38. The average molecular weight is 314 g/mol. The van der Waals surface area contributed by atoms with Crippen molar-refractivity contribution in [3.8, 4) is 0 Å². The number of carboxylic acids is 1. The van der Waals surface area contributed by atoms with Gasteiger partial charge in [-0.2, -0.15) is 0 Å². The van der Waals surface area contributed by atoms with E-state index in [9.17, 15) is 18.0 Å². The zero-order valence-corrected chi connectivity index (χ0v) is 12.8. The Morgan fingerprint density at radius 2 is 1.81 bits per heavy atom. The summed E-state index contributed by atoms with van der Waals surface area (Å²) in [5.74, 6) is -2.11. The smallest absolute Gasteiger partial charge is 0.307 e. The number of carbonyl (C=O) groups is 2. The fraction of sp³-hybridized carbons (Fsp3) is 0.385. The van der Waals surface area contributed by atoms with Crippen LogP contribution in [0.25, 0.3) is 0 Å². The van der Waals surface area contributed by atoms with Crippen molar-refractivity contribution in [2.75, 3.05) is 18.9 Å². The first kappa shape index (κ1) is 17.1. The van der Waals surface area contributed by atoms with Crippen LogP contribution >= 0.6 is 0 Å². The van der Waals surface area contributed by atoms with E-state index in [1.54, 1.807) is 0 Å². The monoisotopic (exact) mass is 314 g/mol. The summed E-state index contributed by atoms with van der Waals surface area (Å²) in [4.78, 5) is 21.7. The molecule has 116 valence electrons. The second-order valence-corrected chi connectivity index (χ2v) is 6.78. The van der Waals surface area contributed by atoms with Crippen molar-refractivity contribution in [2.45, 2.75) is 18.7 Å². The van der Waals surface area contributed by atoms with Gasteiger partial charge in [0.05, 0.1) is 10.8 Å². The van der Waals surface area contributed by atoms with Gasteiger partial charge in [-0.05, 0) is 24.3 Å². The number of aliphatic carboxylic acids is 1. The first-order valence-corrected chi connectivity index (χ1v) is 7.65. The third kappa shape index (κ3) is 4.54. The van der Waals surface area contributed by atoms with Crippen molar-refractivity contribution >= 4 is 27.6 Å². The summed E-state index contributed by atoms with van der Waals surface area (Å²) in [6, 6.07) is 5.68. The van der Waals surface area contributed by atoms with Crippen molar-refractivity contribution in [2.24, 2.45) is 5.92 Å². The van der Waals surface area contributed by atoms with Crippen LogP contribution in [0.15, 0.2) is 29.2 Å². The number of carboxylic acid groups (broad SMARTS) is 1. The SMILES string of the molecule is CC(=O)Nc1ccc(S(=O)(=O)N(C)CC(C)C(=O)O)cc1. The fourth-order valence-corrected chi connectivity index (χ4v) is 2.92. The Balaban J connectivity index is 2.92. The molecule has 0 spiro atoms. The molecule has 0 aliphatic rings. The molecule has 0 saturated carbocycles. The molecule has 0 fully saturated rings. The number of sulfonamides is 1. The minimum absolute atomic E-state index is 0.0386. The highest BCUT2D eigenvalue weighted by Crippen LogP contribution is 2.18. The van der Waals surface area contributed by atoms with Crippen molar-refractivity contribution in [3.05, 3.63) is 24.3 Å². The highest BCUT2D eigenvalue weighted by molar-refractivity contribution is 7.89. The zero-order chi connectivity index (χ0) is 16.2. The number of nitrogens with one attached hydrogen (secondary N) is 1. The second-order valence-electron chi connectivity index (χ2n) is 4.73. The number of nitrogens with zero attached hydrogens (tertiary/aromatic N) is 1. The van der Waals surface area contributed by atoms with Gasteiger partial charge < -0.3 is 10.4 Å². The Hall–Kier alpha value is -1.93. The van der Waals surface area contributed by atoms with Gasteiger partial charge in [0, 0.05) is 26.2 Å². The molecule has 0 aromatic heterocycles. The molecule has 2 N–H and O–H groups in total. The van der Waals surface area contributed by atoms with E-state index in [1.807, 2.05) is 0 Å². The molecule has 0 aliphatic carbocycles. The maximum absolute atomic E-state index is 12.3. The number of anilines is 1. The van der Waals surface area contributed by atoms with Crippen LogP contribution in [-0.2, 0) is 19.6 Å². The summed E-state index contributed by atoms with van der Waals surface area (Å²) in [5.41, 5.74) is 0.489. The topological polar surface area (TPSA) is 104 Å². The normalized spacial score (nSPS) is 13.0. The molecule has 8 heteroatoms. The molecule has 0 bridgehead atoms. The van der Waals surface area contributed by atoms with Gasteiger partial charge in [-0.1, -0.05) is 6.92 Å². The van der Waals surface area contributed by atoms with Gasteiger partial charge in [0.1, 0.15) is 0 Å². The first-order valence-electron chi connectivity index (χ1n) is 6.21. The van der Waals surface area contributed by atoms with Crippen molar-refractivity contribution in [3.63, 3.8) is 0 Å². The molecule has 1 aromatic rings. The van der Waals surface area contributed by atoms with Crippen molar-refractivity contribution in [1.82, 2.24) is 4.31 Å². The Bertz CT molecular complexity index is 624. The van der Waals surface area contributed by atoms with Crippen LogP contribution in [0.5, 0.6) is 0 Å². The van der Waals surface area contributed by atoms with E-state index >= 15 is 0 Å². The van der Waals surface area contributed by atoms with Gasteiger partial charge in [0.15, 0.2) is 0 Å². The van der Waals surface area contributed by atoms with Crippen LogP contribution in [0.2, 0.25) is 0 Å². The summed E-state index contributed by atoms with van der Waals surface area (Å²) < 4.78 is 25.5. The predicted molar refractivity (Wildman–Crippen MR) is 77.4 cm³/mol. The molecule has 1 rings (SSSR count). The zero-order valence-electron chi connectivity index (χ0n) is 12.0. The molecule has 0 heterocycles. The third-order valence-corrected chi connectivity index (χ3v) is 4.67. The van der Waals surface area contributed by atoms with E-state index in [2.05, 4.69) is 5.32 Å². The standard InChI is InChI=1S/C13H18N2O5S/c1-9(13(17)18)8-15(3)21(19,20)12-6-4-11(5-7-12)14-10(2)16/h4-7,9H,8H2,1-3H3,(H,14,16)(H,17,18). The third-order valence-electron chi connectivity index (χ3n) is 2.84. The van der Waals surface area contributed by atoms with E-state index in [0.717, 1.165) is 4.31 Å². The number of benzene rings is 1. The van der Waals surface area contributed by atoms with E-state index in [-0.39, 0.29) is 17.3 Å². The highest BCUT2D eigenvalue weighted by atomic mass is 32.2. The quantitative estimate of drug-likeness (QED) is 0.815. The molecule has 7 nitrogen and oxygen atoms in total. The molecule has 1 atom stereocenters. The molecular weight excluding hydrogens is 296 g/mol. The summed E-state index contributed by atoms with van der Waals surface area (Å²) in [5, 5.41) is 11.4. The highest BCUT2D eigenvalue weighted by Gasteiger charge is 2.24. The van der Waals surface area contributed by atoms with E-state index in [4.69, 9.17) is 5.11 Å². The summed E-state index contributed by atoms with van der Waals surface area (Å²) >= 11 is 0. The molecule has 21 heavy (non-hydrogen) atoms. The molecule has 0 radical (unpaired) electrons. The van der Waals surface area contributed by atoms with Crippen LogP contribution in [-0.4, -0.2) is 43.3 Å². The molecule has 0 saturated heterocycles. The van der Waals surface area contributed by atoms with E-state index in [1.165, 1.54) is 45.2 Å². The maximum atomic E-state index is 12.3. The second kappa shape index (κ2) is 6.68. The Morgan fingerprint density at radius 3 is 2.24 bits per heavy atom. The largest absolute Gasteiger partial charge is 0.481 e. The van der Waals surface area contributed by atoms with Crippen molar-refractivity contribution in [1.29, 1.82) is 0 Å². The Kier molecular flexibility index (Phi) is 5.45. The Morgan fingerprint density at radius 1 is 1.29 bits per heavy atom. The van der Waals surface area contributed by atoms with Crippen LogP contribution in [0.1, 0.15) is 13.8 Å². The van der Waals surface area contributed by atoms with Crippen LogP contribution < -0.4 is 5.32 Å². The minimum Gasteiger partial charge on any atom is -0.481 e. The first-order chi connectivity index (χ1) is 9.64. The molecular formula is C13H18N2O5S. The number of hydrogen-bond donors (Lipinski definition) is 2.